The fourth-order valence-electron chi connectivity index (χ4n) is 3.43. The van der Waals surface area contributed by atoms with Crippen LogP contribution in [-0.4, -0.2) is 37.8 Å². The number of fused-ring (bicyclic) bond motifs is 1. The minimum absolute atomic E-state index is 0.192. The van der Waals surface area contributed by atoms with Crippen molar-refractivity contribution in [2.45, 2.75) is 26.8 Å². The number of ether oxygens (including phenoxy) is 3. The van der Waals surface area contributed by atoms with E-state index in [-0.39, 0.29) is 25.4 Å². The van der Waals surface area contributed by atoms with Gasteiger partial charge < -0.3 is 24.8 Å². The molecule has 0 bridgehead atoms. The Morgan fingerprint density at radius 1 is 1.03 bits per heavy atom. The van der Waals surface area contributed by atoms with Crippen molar-refractivity contribution in [3.8, 4) is 5.75 Å². The molecular formula is C22H24N2O6. The Labute approximate surface area is 174 Å². The zero-order chi connectivity index (χ0) is 21.7. The molecule has 8 heteroatoms. The third-order valence-corrected chi connectivity index (χ3v) is 4.63. The predicted molar refractivity (Wildman–Crippen MR) is 110 cm³/mol. The highest BCUT2D eigenvalue weighted by atomic mass is 16.6. The van der Waals surface area contributed by atoms with Gasteiger partial charge in [-0.1, -0.05) is 30.3 Å². The highest BCUT2D eigenvalue weighted by Crippen LogP contribution is 2.38. The quantitative estimate of drug-likeness (QED) is 0.678. The van der Waals surface area contributed by atoms with Gasteiger partial charge in [-0.3, -0.25) is 0 Å². The van der Waals surface area contributed by atoms with E-state index in [4.69, 9.17) is 14.2 Å². The maximum absolute atomic E-state index is 12.7. The average Bonchev–Trinajstić information content (AvgIpc) is 2.71. The maximum atomic E-state index is 12.7. The second-order valence-electron chi connectivity index (χ2n) is 6.58. The molecule has 0 saturated carbocycles. The topological polar surface area (TPSA) is 103 Å². The first-order valence-electron chi connectivity index (χ1n) is 9.71. The average molecular weight is 412 g/mol. The Morgan fingerprint density at radius 3 is 2.50 bits per heavy atom. The smallest absolute Gasteiger partial charge is 0.344 e. The number of urea groups is 1. The number of hydrogen-bond donors (Lipinski definition) is 2. The van der Waals surface area contributed by atoms with E-state index < -0.39 is 24.0 Å². The lowest BCUT2D eigenvalue weighted by molar-refractivity contribution is -0.145. The van der Waals surface area contributed by atoms with Gasteiger partial charge in [-0.25, -0.2) is 14.4 Å². The number of carbonyl (C=O) groups is 3. The lowest BCUT2D eigenvalue weighted by Gasteiger charge is -2.30. The molecule has 0 fully saturated rings. The van der Waals surface area contributed by atoms with Crippen molar-refractivity contribution in [3.05, 3.63) is 53.2 Å². The lowest BCUT2D eigenvalue weighted by Crippen LogP contribution is -2.45. The summed E-state index contributed by atoms with van der Waals surface area (Å²) in [5.41, 5.74) is 1.23. The molecule has 30 heavy (non-hydrogen) atoms. The van der Waals surface area contributed by atoms with E-state index in [1.165, 1.54) is 0 Å². The molecule has 1 aliphatic heterocycles. The van der Waals surface area contributed by atoms with Crippen molar-refractivity contribution in [3.63, 3.8) is 0 Å². The second-order valence-corrected chi connectivity index (χ2v) is 6.58. The van der Waals surface area contributed by atoms with Gasteiger partial charge in [0.1, 0.15) is 5.75 Å². The van der Waals surface area contributed by atoms with Gasteiger partial charge in [0, 0.05) is 11.3 Å². The molecule has 1 heterocycles. The van der Waals surface area contributed by atoms with E-state index in [1.54, 1.807) is 26.8 Å². The van der Waals surface area contributed by atoms with Crippen molar-refractivity contribution < 1.29 is 28.6 Å². The largest absolute Gasteiger partial charge is 0.482 e. The van der Waals surface area contributed by atoms with Crippen LogP contribution in [-0.2, 0) is 19.1 Å². The summed E-state index contributed by atoms with van der Waals surface area (Å²) in [4.78, 5) is 36.8. The number of amides is 2. The van der Waals surface area contributed by atoms with Gasteiger partial charge in [-0.05, 0) is 37.6 Å². The monoisotopic (exact) mass is 412 g/mol. The number of rotatable bonds is 7. The summed E-state index contributed by atoms with van der Waals surface area (Å²) in [6.45, 7) is 5.20. The first kappa shape index (κ1) is 21.2. The van der Waals surface area contributed by atoms with Crippen LogP contribution in [0, 0.1) is 0 Å². The molecule has 0 spiro atoms. The minimum atomic E-state index is -0.818. The fraction of sp³-hybridized carbons (Fsp3) is 0.318. The minimum Gasteiger partial charge on any atom is -0.482 e. The first-order valence-corrected chi connectivity index (χ1v) is 9.71. The van der Waals surface area contributed by atoms with Gasteiger partial charge in [0.2, 0.25) is 0 Å². The van der Waals surface area contributed by atoms with Crippen molar-refractivity contribution in [2.24, 2.45) is 0 Å². The zero-order valence-corrected chi connectivity index (χ0v) is 17.1. The number of nitrogens with one attached hydrogen (secondary N) is 2. The summed E-state index contributed by atoms with van der Waals surface area (Å²) >= 11 is 0. The number of benzene rings is 2. The second kappa shape index (κ2) is 9.30. The van der Waals surface area contributed by atoms with Gasteiger partial charge in [-0.2, -0.15) is 0 Å². The molecule has 1 unspecified atom stereocenters. The molecule has 2 N–H and O–H groups in total. The van der Waals surface area contributed by atoms with Crippen LogP contribution >= 0.6 is 0 Å². The van der Waals surface area contributed by atoms with E-state index in [0.29, 0.717) is 17.0 Å². The van der Waals surface area contributed by atoms with E-state index in [0.717, 1.165) is 10.8 Å². The van der Waals surface area contributed by atoms with Crippen LogP contribution in [0.3, 0.4) is 0 Å². The number of esters is 2. The highest BCUT2D eigenvalue weighted by Gasteiger charge is 2.35. The van der Waals surface area contributed by atoms with Crippen LogP contribution in [0.25, 0.3) is 10.8 Å². The molecule has 3 rings (SSSR count). The SMILES string of the molecule is CCOC(=O)COc1ccc2ccccc2c1C1NC(=O)NC(C)=C1C(=O)OCC. The molecule has 2 aromatic carbocycles. The Kier molecular flexibility index (Phi) is 6.56. The van der Waals surface area contributed by atoms with Crippen molar-refractivity contribution >= 4 is 28.7 Å². The van der Waals surface area contributed by atoms with Crippen molar-refractivity contribution in [1.29, 1.82) is 0 Å². The Balaban J connectivity index is 2.14. The van der Waals surface area contributed by atoms with Crippen LogP contribution in [0.1, 0.15) is 32.4 Å². The molecule has 1 aliphatic rings. The van der Waals surface area contributed by atoms with E-state index in [1.807, 2.05) is 30.3 Å². The van der Waals surface area contributed by atoms with Gasteiger partial charge in [0.05, 0.1) is 24.8 Å². The highest BCUT2D eigenvalue weighted by molar-refractivity contribution is 5.98. The normalized spacial score (nSPS) is 16.0. The van der Waals surface area contributed by atoms with Gasteiger partial charge in [-0.15, -0.1) is 0 Å². The molecule has 2 aromatic rings. The van der Waals surface area contributed by atoms with E-state index in [2.05, 4.69) is 10.6 Å². The zero-order valence-electron chi connectivity index (χ0n) is 17.1. The molecule has 0 aromatic heterocycles. The molecule has 0 aliphatic carbocycles. The fourth-order valence-corrected chi connectivity index (χ4v) is 3.43. The van der Waals surface area contributed by atoms with E-state index >= 15 is 0 Å². The Morgan fingerprint density at radius 2 is 1.77 bits per heavy atom. The molecule has 1 atom stereocenters. The summed E-state index contributed by atoms with van der Waals surface area (Å²) in [5, 5.41) is 7.08. The summed E-state index contributed by atoms with van der Waals surface area (Å²) < 4.78 is 15.9. The van der Waals surface area contributed by atoms with Crippen LogP contribution in [0.2, 0.25) is 0 Å². The Hall–Kier alpha value is -3.55. The number of hydrogen-bond acceptors (Lipinski definition) is 6. The number of allylic oxidation sites excluding steroid dienone is 1. The van der Waals surface area contributed by atoms with Gasteiger partial charge in [0.25, 0.3) is 0 Å². The Bertz CT molecular complexity index is 1010. The van der Waals surface area contributed by atoms with Crippen molar-refractivity contribution in [1.82, 2.24) is 10.6 Å². The van der Waals surface area contributed by atoms with Gasteiger partial charge >= 0.3 is 18.0 Å². The summed E-state index contributed by atoms with van der Waals surface area (Å²) in [6.07, 6.45) is 0. The standard InChI is InChI=1S/C22H24N2O6/c1-4-28-17(25)12-30-16-11-10-14-8-6-7-9-15(14)19(16)20-18(21(26)29-5-2)13(3)23-22(27)24-20/h6-11,20H,4-5,12H2,1-3H3,(H2,23,24,27). The maximum Gasteiger partial charge on any atom is 0.344 e. The lowest BCUT2D eigenvalue weighted by atomic mass is 9.90. The predicted octanol–water partition coefficient (Wildman–Crippen LogP) is 2.97. The van der Waals surface area contributed by atoms with E-state index in [9.17, 15) is 14.4 Å². The molecule has 8 nitrogen and oxygen atoms in total. The van der Waals surface area contributed by atoms with Crippen LogP contribution in [0.15, 0.2) is 47.7 Å². The van der Waals surface area contributed by atoms with Gasteiger partial charge in [0.15, 0.2) is 6.61 Å². The first-order chi connectivity index (χ1) is 14.5. The van der Waals surface area contributed by atoms with Crippen LogP contribution in [0.4, 0.5) is 4.79 Å². The van der Waals surface area contributed by atoms with Crippen LogP contribution < -0.4 is 15.4 Å². The molecule has 158 valence electrons. The molecule has 0 radical (unpaired) electrons. The summed E-state index contributed by atoms with van der Waals surface area (Å²) in [6, 6.07) is 9.82. The third kappa shape index (κ3) is 4.37. The van der Waals surface area contributed by atoms with Crippen molar-refractivity contribution in [2.75, 3.05) is 19.8 Å². The third-order valence-electron chi connectivity index (χ3n) is 4.63. The molecule has 0 saturated heterocycles. The molecule has 2 amide bonds. The van der Waals surface area contributed by atoms with Crippen LogP contribution in [0.5, 0.6) is 5.75 Å². The summed E-state index contributed by atoms with van der Waals surface area (Å²) in [5.74, 6) is -0.691. The molecular weight excluding hydrogens is 388 g/mol. The summed E-state index contributed by atoms with van der Waals surface area (Å²) in [7, 11) is 0. The number of carbonyl (C=O) groups excluding carboxylic acids is 3.